The molecule has 0 aliphatic heterocycles. The Bertz CT molecular complexity index is 1010. The lowest BCUT2D eigenvalue weighted by Crippen LogP contribution is -2.23. The molecule has 3 rings (SSSR count). The number of nitrogens with one attached hydrogen (secondary N) is 3. The van der Waals surface area contributed by atoms with Crippen LogP contribution in [0.2, 0.25) is 0 Å². The van der Waals surface area contributed by atoms with Gasteiger partial charge in [0.05, 0.1) is 17.7 Å². The summed E-state index contributed by atoms with van der Waals surface area (Å²) in [5.74, 6) is 0.546. The molecule has 0 radical (unpaired) electrons. The first-order chi connectivity index (χ1) is 12.9. The standard InChI is InChI=1S/C19H19N3O3S2/c1-14-4-2-5-16(12-14)22-19(26)21-15-7-9-18(10-8-15)27(23,24)20-13-17-6-3-11-25-17/h2-12,20H,13H2,1H3,(H2,21,22,26). The molecule has 0 fully saturated rings. The maximum Gasteiger partial charge on any atom is 0.240 e. The van der Waals surface area contributed by atoms with Gasteiger partial charge in [0.2, 0.25) is 10.0 Å². The van der Waals surface area contributed by atoms with Crippen molar-refractivity contribution in [1.82, 2.24) is 4.72 Å². The van der Waals surface area contributed by atoms with Gasteiger partial charge in [0.15, 0.2) is 5.11 Å². The van der Waals surface area contributed by atoms with Crippen LogP contribution in [0.3, 0.4) is 0 Å². The van der Waals surface area contributed by atoms with Crippen LogP contribution >= 0.6 is 12.2 Å². The van der Waals surface area contributed by atoms with Crippen LogP contribution in [0.25, 0.3) is 0 Å². The number of hydrogen-bond acceptors (Lipinski definition) is 4. The largest absolute Gasteiger partial charge is 0.468 e. The van der Waals surface area contributed by atoms with Crippen LogP contribution in [-0.2, 0) is 16.6 Å². The minimum Gasteiger partial charge on any atom is -0.468 e. The Balaban J connectivity index is 1.60. The van der Waals surface area contributed by atoms with Crippen molar-refractivity contribution in [1.29, 1.82) is 0 Å². The number of furan rings is 1. The van der Waals surface area contributed by atoms with Crippen LogP contribution in [0.4, 0.5) is 11.4 Å². The first-order valence-corrected chi connectivity index (χ1v) is 10.1. The Kier molecular flexibility index (Phi) is 5.90. The van der Waals surface area contributed by atoms with Gasteiger partial charge in [0.25, 0.3) is 0 Å². The highest BCUT2D eigenvalue weighted by Crippen LogP contribution is 2.16. The minimum atomic E-state index is -3.62. The molecular formula is C19H19N3O3S2. The van der Waals surface area contributed by atoms with Crippen molar-refractivity contribution in [3.63, 3.8) is 0 Å². The first kappa shape index (κ1) is 19.1. The molecule has 0 atom stereocenters. The van der Waals surface area contributed by atoms with E-state index in [0.29, 0.717) is 16.6 Å². The van der Waals surface area contributed by atoms with E-state index in [1.54, 1.807) is 24.3 Å². The summed E-state index contributed by atoms with van der Waals surface area (Å²) >= 11 is 5.29. The fourth-order valence-electron chi connectivity index (χ4n) is 2.40. The molecule has 3 aromatic rings. The van der Waals surface area contributed by atoms with Crippen molar-refractivity contribution in [2.24, 2.45) is 0 Å². The quantitative estimate of drug-likeness (QED) is 0.544. The second-order valence-electron chi connectivity index (χ2n) is 5.88. The van der Waals surface area contributed by atoms with E-state index in [-0.39, 0.29) is 11.4 Å². The molecule has 0 unspecified atom stereocenters. The van der Waals surface area contributed by atoms with Crippen LogP contribution in [0, 0.1) is 6.92 Å². The highest BCUT2D eigenvalue weighted by Gasteiger charge is 2.14. The lowest BCUT2D eigenvalue weighted by atomic mass is 10.2. The summed E-state index contributed by atoms with van der Waals surface area (Å²) in [4.78, 5) is 0.164. The maximum atomic E-state index is 12.3. The molecule has 0 saturated heterocycles. The summed E-state index contributed by atoms with van der Waals surface area (Å²) in [7, 11) is -3.62. The monoisotopic (exact) mass is 401 g/mol. The molecule has 1 heterocycles. The van der Waals surface area contributed by atoms with Crippen LogP contribution in [0.5, 0.6) is 0 Å². The Morgan fingerprint density at radius 3 is 2.41 bits per heavy atom. The summed E-state index contributed by atoms with van der Waals surface area (Å²) in [5.41, 5.74) is 2.69. The van der Waals surface area contributed by atoms with Crippen molar-refractivity contribution in [3.05, 3.63) is 78.3 Å². The van der Waals surface area contributed by atoms with Gasteiger partial charge >= 0.3 is 0 Å². The van der Waals surface area contributed by atoms with E-state index in [1.165, 1.54) is 18.4 Å². The molecule has 1 aromatic heterocycles. The van der Waals surface area contributed by atoms with Crippen LogP contribution < -0.4 is 15.4 Å². The SMILES string of the molecule is Cc1cccc(NC(=S)Nc2ccc(S(=O)(=O)NCc3ccco3)cc2)c1. The minimum absolute atomic E-state index is 0.0971. The molecule has 3 N–H and O–H groups in total. The molecule has 0 saturated carbocycles. The number of thiocarbonyl (C=S) groups is 1. The highest BCUT2D eigenvalue weighted by molar-refractivity contribution is 7.89. The van der Waals surface area contributed by atoms with E-state index in [1.807, 2.05) is 31.2 Å². The van der Waals surface area contributed by atoms with Gasteiger partial charge in [0.1, 0.15) is 5.76 Å². The maximum absolute atomic E-state index is 12.3. The topological polar surface area (TPSA) is 83.4 Å². The average Bonchev–Trinajstić information content (AvgIpc) is 3.14. The van der Waals surface area contributed by atoms with E-state index in [0.717, 1.165) is 11.3 Å². The third kappa shape index (κ3) is 5.40. The molecule has 0 amide bonds. The number of aryl methyl sites for hydroxylation is 1. The van der Waals surface area contributed by atoms with Gasteiger partial charge in [-0.3, -0.25) is 0 Å². The third-order valence-corrected chi connectivity index (χ3v) is 5.34. The Morgan fingerprint density at radius 2 is 1.74 bits per heavy atom. The first-order valence-electron chi connectivity index (χ1n) is 8.19. The molecule has 0 aliphatic carbocycles. The van der Waals surface area contributed by atoms with Gasteiger partial charge in [-0.25, -0.2) is 13.1 Å². The number of benzene rings is 2. The van der Waals surface area contributed by atoms with Gasteiger partial charge < -0.3 is 15.1 Å². The van der Waals surface area contributed by atoms with E-state index < -0.39 is 10.0 Å². The Labute approximate surface area is 163 Å². The summed E-state index contributed by atoms with van der Waals surface area (Å²) < 4.78 is 32.3. The Hall–Kier alpha value is -2.68. The van der Waals surface area contributed by atoms with Gasteiger partial charge in [0, 0.05) is 11.4 Å². The van der Waals surface area contributed by atoms with Gasteiger partial charge in [-0.15, -0.1) is 0 Å². The molecule has 0 aliphatic rings. The third-order valence-electron chi connectivity index (χ3n) is 3.71. The summed E-state index contributed by atoms with van der Waals surface area (Å²) in [6.07, 6.45) is 1.50. The average molecular weight is 402 g/mol. The van der Waals surface area contributed by atoms with Gasteiger partial charge in [-0.2, -0.15) is 0 Å². The second-order valence-corrected chi connectivity index (χ2v) is 8.05. The molecule has 2 aromatic carbocycles. The molecule has 27 heavy (non-hydrogen) atoms. The number of sulfonamides is 1. The van der Waals surface area contributed by atoms with Crippen molar-refractivity contribution in [3.8, 4) is 0 Å². The number of hydrogen-bond donors (Lipinski definition) is 3. The van der Waals surface area contributed by atoms with E-state index in [2.05, 4.69) is 15.4 Å². The zero-order chi connectivity index (χ0) is 19.3. The zero-order valence-corrected chi connectivity index (χ0v) is 16.2. The smallest absolute Gasteiger partial charge is 0.240 e. The second kappa shape index (κ2) is 8.34. The van der Waals surface area contributed by atoms with Crippen molar-refractivity contribution in [2.75, 3.05) is 10.6 Å². The number of anilines is 2. The highest BCUT2D eigenvalue weighted by atomic mass is 32.2. The normalized spacial score (nSPS) is 11.1. The summed E-state index contributed by atoms with van der Waals surface area (Å²) in [6, 6.07) is 17.6. The predicted molar refractivity (Wildman–Crippen MR) is 110 cm³/mol. The molecule has 140 valence electrons. The van der Waals surface area contributed by atoms with Gasteiger partial charge in [-0.1, -0.05) is 12.1 Å². The number of rotatable bonds is 6. The summed E-state index contributed by atoms with van der Waals surface area (Å²) in [5, 5.41) is 6.55. The van der Waals surface area contributed by atoms with E-state index >= 15 is 0 Å². The lowest BCUT2D eigenvalue weighted by molar-refractivity contribution is 0.498. The zero-order valence-electron chi connectivity index (χ0n) is 14.6. The van der Waals surface area contributed by atoms with Crippen molar-refractivity contribution < 1.29 is 12.8 Å². The lowest BCUT2D eigenvalue weighted by Gasteiger charge is -2.12. The molecule has 0 bridgehead atoms. The molecular weight excluding hydrogens is 382 g/mol. The van der Waals surface area contributed by atoms with Crippen molar-refractivity contribution in [2.45, 2.75) is 18.4 Å². The van der Waals surface area contributed by atoms with Crippen LogP contribution in [0.1, 0.15) is 11.3 Å². The molecule has 0 spiro atoms. The summed E-state index contributed by atoms with van der Waals surface area (Å²) in [6.45, 7) is 2.10. The van der Waals surface area contributed by atoms with Gasteiger partial charge in [-0.05, 0) is 73.2 Å². The fraction of sp³-hybridized carbons (Fsp3) is 0.105. The van der Waals surface area contributed by atoms with Crippen molar-refractivity contribution >= 4 is 38.7 Å². The van der Waals surface area contributed by atoms with Crippen LogP contribution in [-0.4, -0.2) is 13.5 Å². The Morgan fingerprint density at radius 1 is 1.00 bits per heavy atom. The predicted octanol–water partition coefficient (Wildman–Crippen LogP) is 3.88. The molecule has 6 nitrogen and oxygen atoms in total. The molecule has 8 heteroatoms. The fourth-order valence-corrected chi connectivity index (χ4v) is 3.63. The van der Waals surface area contributed by atoms with E-state index in [9.17, 15) is 8.42 Å². The van der Waals surface area contributed by atoms with Crippen LogP contribution in [0.15, 0.2) is 76.2 Å². The van der Waals surface area contributed by atoms with E-state index in [4.69, 9.17) is 16.6 Å².